The van der Waals surface area contributed by atoms with Crippen LogP contribution in [0.5, 0.6) is 0 Å². The van der Waals surface area contributed by atoms with Crippen molar-refractivity contribution in [2.75, 3.05) is 6.54 Å². The average molecular weight is 187 g/mol. The van der Waals surface area contributed by atoms with Crippen LogP contribution in [0.25, 0.3) is 0 Å². The molecule has 2 unspecified atom stereocenters. The van der Waals surface area contributed by atoms with Gasteiger partial charge >= 0.3 is 0 Å². The largest absolute Gasteiger partial charge is 0.393 e. The quantitative estimate of drug-likeness (QED) is 0.572. The Kier molecular flexibility index (Phi) is 8.46. The van der Waals surface area contributed by atoms with E-state index < -0.39 is 0 Å². The summed E-state index contributed by atoms with van der Waals surface area (Å²) in [6.07, 6.45) is 5.58. The van der Waals surface area contributed by atoms with Crippen LogP contribution >= 0.6 is 0 Å². The van der Waals surface area contributed by atoms with Crippen molar-refractivity contribution < 1.29 is 5.11 Å². The summed E-state index contributed by atoms with van der Waals surface area (Å²) >= 11 is 0. The monoisotopic (exact) mass is 187 g/mol. The highest BCUT2D eigenvalue weighted by Crippen LogP contribution is 2.01. The molecule has 0 radical (unpaired) electrons. The zero-order valence-electron chi connectivity index (χ0n) is 9.34. The molecule has 2 N–H and O–H groups in total. The smallest absolute Gasteiger partial charge is 0.0512 e. The summed E-state index contributed by atoms with van der Waals surface area (Å²) in [5, 5.41) is 12.6. The van der Waals surface area contributed by atoms with Crippen LogP contribution in [0, 0.1) is 0 Å². The number of rotatable bonds is 8. The van der Waals surface area contributed by atoms with Gasteiger partial charge in [0.15, 0.2) is 0 Å². The highest BCUT2D eigenvalue weighted by Gasteiger charge is 2.03. The van der Waals surface area contributed by atoms with Crippen LogP contribution in [-0.2, 0) is 0 Å². The summed E-state index contributed by atoms with van der Waals surface area (Å²) in [6, 6.07) is 0.680. The first-order chi connectivity index (χ1) is 6.20. The van der Waals surface area contributed by atoms with Crippen molar-refractivity contribution in [1.29, 1.82) is 0 Å². The molecule has 0 heterocycles. The van der Waals surface area contributed by atoms with E-state index in [9.17, 15) is 0 Å². The third kappa shape index (κ3) is 8.26. The fourth-order valence-corrected chi connectivity index (χ4v) is 1.50. The van der Waals surface area contributed by atoms with Gasteiger partial charge in [-0.05, 0) is 39.2 Å². The molecule has 13 heavy (non-hydrogen) atoms. The summed E-state index contributed by atoms with van der Waals surface area (Å²) in [5.74, 6) is 0. The first-order valence-electron chi connectivity index (χ1n) is 5.62. The highest BCUT2D eigenvalue weighted by atomic mass is 16.3. The predicted octanol–water partition coefficient (Wildman–Crippen LogP) is 2.32. The highest BCUT2D eigenvalue weighted by molar-refractivity contribution is 4.64. The molecule has 0 aromatic heterocycles. The third-order valence-electron chi connectivity index (χ3n) is 2.36. The molecule has 0 saturated heterocycles. The number of nitrogens with one attached hydrogen (secondary N) is 1. The van der Waals surface area contributed by atoms with E-state index in [1.54, 1.807) is 0 Å². The molecule has 0 bridgehead atoms. The molecule has 0 aliphatic rings. The molecule has 0 rings (SSSR count). The van der Waals surface area contributed by atoms with Gasteiger partial charge in [-0.1, -0.05) is 20.3 Å². The van der Waals surface area contributed by atoms with Gasteiger partial charge in [0, 0.05) is 6.04 Å². The Morgan fingerprint density at radius 2 is 1.92 bits per heavy atom. The lowest BCUT2D eigenvalue weighted by molar-refractivity contribution is 0.180. The fourth-order valence-electron chi connectivity index (χ4n) is 1.50. The van der Waals surface area contributed by atoms with E-state index in [0.717, 1.165) is 19.4 Å². The van der Waals surface area contributed by atoms with E-state index in [1.165, 1.54) is 19.3 Å². The van der Waals surface area contributed by atoms with Crippen molar-refractivity contribution in [3.05, 3.63) is 0 Å². The number of aliphatic hydroxyl groups is 1. The fraction of sp³-hybridized carbons (Fsp3) is 1.00. The number of hydrogen-bond donors (Lipinski definition) is 2. The lowest BCUT2D eigenvalue weighted by Crippen LogP contribution is -2.29. The second-order valence-electron chi connectivity index (χ2n) is 3.84. The molecule has 0 fully saturated rings. The maximum atomic E-state index is 9.05. The minimum Gasteiger partial charge on any atom is -0.393 e. The zero-order valence-corrected chi connectivity index (χ0v) is 9.34. The lowest BCUT2D eigenvalue weighted by atomic mass is 10.1. The van der Waals surface area contributed by atoms with Gasteiger partial charge in [-0.15, -0.1) is 0 Å². The van der Waals surface area contributed by atoms with Gasteiger partial charge in [-0.2, -0.15) is 0 Å². The molecule has 2 atom stereocenters. The van der Waals surface area contributed by atoms with E-state index in [4.69, 9.17) is 5.11 Å². The van der Waals surface area contributed by atoms with Crippen molar-refractivity contribution in [3.63, 3.8) is 0 Å². The second kappa shape index (κ2) is 8.52. The Bertz CT molecular complexity index is 104. The van der Waals surface area contributed by atoms with Crippen molar-refractivity contribution in [2.24, 2.45) is 0 Å². The van der Waals surface area contributed by atoms with Gasteiger partial charge in [-0.3, -0.25) is 0 Å². The van der Waals surface area contributed by atoms with Crippen LogP contribution in [0.4, 0.5) is 0 Å². The molecule has 0 aliphatic heterocycles. The second-order valence-corrected chi connectivity index (χ2v) is 3.84. The predicted molar refractivity (Wildman–Crippen MR) is 57.9 cm³/mol. The van der Waals surface area contributed by atoms with Crippen LogP contribution < -0.4 is 5.32 Å². The van der Waals surface area contributed by atoms with Crippen LogP contribution in [0.3, 0.4) is 0 Å². The van der Waals surface area contributed by atoms with Crippen molar-refractivity contribution in [1.82, 2.24) is 5.32 Å². The molecule has 0 aromatic carbocycles. The molecule has 80 valence electrons. The maximum Gasteiger partial charge on any atom is 0.0512 e. The molecule has 2 nitrogen and oxygen atoms in total. The molecule has 2 heteroatoms. The van der Waals surface area contributed by atoms with Gasteiger partial charge in [0.25, 0.3) is 0 Å². The molecule has 0 aromatic rings. The van der Waals surface area contributed by atoms with Crippen molar-refractivity contribution >= 4 is 0 Å². The van der Waals surface area contributed by atoms with Crippen LogP contribution in [-0.4, -0.2) is 23.8 Å². The van der Waals surface area contributed by atoms with Crippen LogP contribution in [0.2, 0.25) is 0 Å². The Labute approximate surface area is 82.7 Å². The Morgan fingerprint density at radius 1 is 1.23 bits per heavy atom. The molecular formula is C11H25NO. The van der Waals surface area contributed by atoms with Gasteiger partial charge in [0.2, 0.25) is 0 Å². The standard InChI is InChI=1S/C11H25NO/c1-4-7-11(5-2)12-9-6-8-10(3)13/h10-13H,4-9H2,1-3H3. The van der Waals surface area contributed by atoms with E-state index in [-0.39, 0.29) is 6.10 Å². The lowest BCUT2D eigenvalue weighted by Gasteiger charge is -2.16. The average Bonchev–Trinajstić information content (AvgIpc) is 2.10. The summed E-state index contributed by atoms with van der Waals surface area (Å²) in [5.41, 5.74) is 0. The molecular weight excluding hydrogens is 162 g/mol. The summed E-state index contributed by atoms with van der Waals surface area (Å²) in [6.45, 7) is 7.34. The van der Waals surface area contributed by atoms with E-state index >= 15 is 0 Å². The van der Waals surface area contributed by atoms with Crippen LogP contribution in [0.1, 0.15) is 52.9 Å². The molecule has 0 amide bonds. The minimum absolute atomic E-state index is 0.145. The van der Waals surface area contributed by atoms with Crippen molar-refractivity contribution in [3.8, 4) is 0 Å². The Morgan fingerprint density at radius 3 is 2.38 bits per heavy atom. The molecule has 0 saturated carbocycles. The first-order valence-corrected chi connectivity index (χ1v) is 5.62. The maximum absolute atomic E-state index is 9.05. The van der Waals surface area contributed by atoms with Gasteiger partial charge in [-0.25, -0.2) is 0 Å². The summed E-state index contributed by atoms with van der Waals surface area (Å²) in [7, 11) is 0. The number of aliphatic hydroxyl groups excluding tert-OH is 1. The first kappa shape index (κ1) is 12.9. The summed E-state index contributed by atoms with van der Waals surface area (Å²) < 4.78 is 0. The van der Waals surface area contributed by atoms with Crippen molar-refractivity contribution in [2.45, 2.75) is 65.0 Å². The Balaban J connectivity index is 3.27. The minimum atomic E-state index is -0.145. The van der Waals surface area contributed by atoms with Gasteiger partial charge in [0.1, 0.15) is 0 Å². The van der Waals surface area contributed by atoms with Gasteiger partial charge < -0.3 is 10.4 Å². The third-order valence-corrected chi connectivity index (χ3v) is 2.36. The SMILES string of the molecule is CCCC(CC)NCCCC(C)O. The molecule has 0 aliphatic carbocycles. The zero-order chi connectivity index (χ0) is 10.1. The van der Waals surface area contributed by atoms with Crippen LogP contribution in [0.15, 0.2) is 0 Å². The Hall–Kier alpha value is -0.0800. The van der Waals surface area contributed by atoms with E-state index in [1.807, 2.05) is 6.92 Å². The van der Waals surface area contributed by atoms with E-state index in [0.29, 0.717) is 6.04 Å². The topological polar surface area (TPSA) is 32.3 Å². The summed E-state index contributed by atoms with van der Waals surface area (Å²) in [4.78, 5) is 0. The number of hydrogen-bond acceptors (Lipinski definition) is 2. The van der Waals surface area contributed by atoms with E-state index in [2.05, 4.69) is 19.2 Å². The normalized spacial score (nSPS) is 15.7. The molecule has 0 spiro atoms. The van der Waals surface area contributed by atoms with Gasteiger partial charge in [0.05, 0.1) is 6.10 Å².